The maximum absolute atomic E-state index is 11.4. The Labute approximate surface area is 142 Å². The number of hydrogen-bond donors (Lipinski definition) is 0. The molecule has 118 valence electrons. The Hall–Kier alpha value is -2.57. The molecular formula is C21H17O2P. The van der Waals surface area contributed by atoms with Gasteiger partial charge in [-0.15, -0.1) is 0 Å². The molecule has 0 amide bonds. The van der Waals surface area contributed by atoms with Crippen LogP contribution in [0, 0.1) is 6.92 Å². The summed E-state index contributed by atoms with van der Waals surface area (Å²) < 4.78 is 0. The summed E-state index contributed by atoms with van der Waals surface area (Å²) in [6, 6.07) is 24.3. The van der Waals surface area contributed by atoms with E-state index in [0.29, 0.717) is 11.1 Å². The first-order chi connectivity index (χ1) is 11.7. The van der Waals surface area contributed by atoms with Crippen LogP contribution in [0.2, 0.25) is 0 Å². The Morgan fingerprint density at radius 2 is 1.08 bits per heavy atom. The topological polar surface area (TPSA) is 34.1 Å². The molecule has 0 saturated carbocycles. The normalized spacial score (nSPS) is 10.6. The van der Waals surface area contributed by atoms with Gasteiger partial charge < -0.3 is 0 Å². The third kappa shape index (κ3) is 3.20. The van der Waals surface area contributed by atoms with Crippen molar-refractivity contribution in [2.24, 2.45) is 0 Å². The van der Waals surface area contributed by atoms with Gasteiger partial charge in [0.2, 0.25) is 0 Å². The fourth-order valence-corrected chi connectivity index (χ4v) is 5.09. The van der Waals surface area contributed by atoms with E-state index in [1.165, 1.54) is 10.6 Å². The SMILES string of the molecule is Cc1c(C=O)cc(P(c2ccccc2)c2ccccc2)cc1C=O. The molecule has 0 N–H and O–H groups in total. The molecule has 0 fully saturated rings. The summed E-state index contributed by atoms with van der Waals surface area (Å²) >= 11 is 0. The Bertz CT molecular complexity index is 789. The fraction of sp³-hybridized carbons (Fsp3) is 0.0476. The van der Waals surface area contributed by atoms with Crippen molar-refractivity contribution in [3.05, 3.63) is 89.5 Å². The maximum Gasteiger partial charge on any atom is 0.150 e. The molecule has 0 aliphatic rings. The van der Waals surface area contributed by atoms with Gasteiger partial charge in [0.05, 0.1) is 0 Å². The minimum Gasteiger partial charge on any atom is -0.298 e. The van der Waals surface area contributed by atoms with Crippen molar-refractivity contribution in [2.45, 2.75) is 6.92 Å². The third-order valence-electron chi connectivity index (χ3n) is 4.01. The van der Waals surface area contributed by atoms with E-state index in [4.69, 9.17) is 0 Å². The molecule has 0 atom stereocenters. The van der Waals surface area contributed by atoms with E-state index in [1.807, 2.05) is 55.5 Å². The summed E-state index contributed by atoms with van der Waals surface area (Å²) in [5, 5.41) is 3.39. The summed E-state index contributed by atoms with van der Waals surface area (Å²) in [5.74, 6) is 0. The largest absolute Gasteiger partial charge is 0.298 e. The average molecular weight is 332 g/mol. The summed E-state index contributed by atoms with van der Waals surface area (Å²) in [6.45, 7) is 1.81. The molecular weight excluding hydrogens is 315 g/mol. The molecule has 0 aliphatic heterocycles. The van der Waals surface area contributed by atoms with Crippen LogP contribution in [0.3, 0.4) is 0 Å². The Kier molecular flexibility index (Phi) is 4.98. The standard InChI is InChI=1S/C21H17O2P/c1-16-17(14-22)12-21(13-18(16)15-23)24(19-8-4-2-5-9-19)20-10-6-3-7-11-20/h2-15H,1H3. The number of benzene rings is 3. The lowest BCUT2D eigenvalue weighted by Gasteiger charge is -2.20. The first kappa shape index (κ1) is 16.3. The van der Waals surface area contributed by atoms with E-state index in [9.17, 15) is 9.59 Å². The van der Waals surface area contributed by atoms with Crippen LogP contribution in [0.5, 0.6) is 0 Å². The predicted molar refractivity (Wildman–Crippen MR) is 101 cm³/mol. The number of rotatable bonds is 5. The summed E-state index contributed by atoms with van der Waals surface area (Å²) in [5.41, 5.74) is 1.89. The van der Waals surface area contributed by atoms with Gasteiger partial charge in [-0.2, -0.15) is 0 Å². The van der Waals surface area contributed by atoms with E-state index in [-0.39, 0.29) is 0 Å². The predicted octanol–water partition coefficient (Wildman–Crippen LogP) is 3.38. The van der Waals surface area contributed by atoms with Gasteiger partial charge in [-0.05, 0) is 48.5 Å². The second-order valence-corrected chi connectivity index (χ2v) is 7.71. The molecule has 2 nitrogen and oxygen atoms in total. The first-order valence-electron chi connectivity index (χ1n) is 7.70. The van der Waals surface area contributed by atoms with Crippen LogP contribution >= 0.6 is 7.92 Å². The van der Waals surface area contributed by atoms with Gasteiger partial charge in [0.25, 0.3) is 0 Å². The molecule has 0 aliphatic carbocycles. The van der Waals surface area contributed by atoms with Crippen molar-refractivity contribution in [2.75, 3.05) is 0 Å². The van der Waals surface area contributed by atoms with Gasteiger partial charge >= 0.3 is 0 Å². The zero-order valence-electron chi connectivity index (χ0n) is 13.3. The van der Waals surface area contributed by atoms with E-state index < -0.39 is 7.92 Å². The highest BCUT2D eigenvalue weighted by Crippen LogP contribution is 2.33. The fourth-order valence-electron chi connectivity index (χ4n) is 2.72. The molecule has 0 spiro atoms. The smallest absolute Gasteiger partial charge is 0.150 e. The van der Waals surface area contributed by atoms with Crippen LogP contribution in [0.15, 0.2) is 72.8 Å². The Balaban J connectivity index is 2.24. The zero-order chi connectivity index (χ0) is 16.9. The highest BCUT2D eigenvalue weighted by Gasteiger charge is 2.18. The second kappa shape index (κ2) is 7.33. The summed E-state index contributed by atoms with van der Waals surface area (Å²) in [7, 11) is -0.820. The average Bonchev–Trinajstić information content (AvgIpc) is 2.65. The first-order valence-corrected chi connectivity index (χ1v) is 9.04. The summed E-state index contributed by atoms with van der Waals surface area (Å²) in [6.07, 6.45) is 1.66. The highest BCUT2D eigenvalue weighted by atomic mass is 31.1. The Morgan fingerprint density at radius 3 is 1.46 bits per heavy atom. The van der Waals surface area contributed by atoms with E-state index in [0.717, 1.165) is 23.4 Å². The molecule has 3 aromatic rings. The summed E-state index contributed by atoms with van der Waals surface area (Å²) in [4.78, 5) is 22.9. The van der Waals surface area contributed by atoms with Gasteiger partial charge in [-0.3, -0.25) is 9.59 Å². The van der Waals surface area contributed by atoms with Gasteiger partial charge in [-0.1, -0.05) is 60.7 Å². The molecule has 0 aromatic heterocycles. The van der Waals surface area contributed by atoms with Crippen LogP contribution in [0.1, 0.15) is 26.3 Å². The minimum atomic E-state index is -0.820. The molecule has 24 heavy (non-hydrogen) atoms. The van der Waals surface area contributed by atoms with Crippen LogP contribution in [-0.4, -0.2) is 12.6 Å². The van der Waals surface area contributed by atoms with Crippen LogP contribution in [-0.2, 0) is 0 Å². The molecule has 3 heteroatoms. The molecule has 0 unspecified atom stereocenters. The number of carbonyl (C=O) groups is 2. The lowest BCUT2D eigenvalue weighted by molar-refractivity contribution is 0.112. The van der Waals surface area contributed by atoms with Crippen molar-refractivity contribution in [1.82, 2.24) is 0 Å². The molecule has 0 heterocycles. The van der Waals surface area contributed by atoms with Crippen molar-refractivity contribution in [3.8, 4) is 0 Å². The van der Waals surface area contributed by atoms with Crippen molar-refractivity contribution >= 4 is 36.4 Å². The molecule has 3 rings (SSSR count). The van der Waals surface area contributed by atoms with Crippen molar-refractivity contribution in [1.29, 1.82) is 0 Å². The quantitative estimate of drug-likeness (QED) is 0.530. The number of aldehydes is 2. The van der Waals surface area contributed by atoms with Gasteiger partial charge in [0.15, 0.2) is 0 Å². The lowest BCUT2D eigenvalue weighted by atomic mass is 10.0. The number of hydrogen-bond acceptors (Lipinski definition) is 2. The lowest BCUT2D eigenvalue weighted by Crippen LogP contribution is -2.22. The van der Waals surface area contributed by atoms with Gasteiger partial charge in [0, 0.05) is 11.1 Å². The highest BCUT2D eigenvalue weighted by molar-refractivity contribution is 7.79. The van der Waals surface area contributed by atoms with Gasteiger partial charge in [0.1, 0.15) is 12.6 Å². The molecule has 0 bridgehead atoms. The third-order valence-corrected chi connectivity index (χ3v) is 6.42. The maximum atomic E-state index is 11.4. The van der Waals surface area contributed by atoms with Gasteiger partial charge in [-0.25, -0.2) is 0 Å². The number of carbonyl (C=O) groups excluding carboxylic acids is 2. The van der Waals surface area contributed by atoms with E-state index in [2.05, 4.69) is 24.3 Å². The van der Waals surface area contributed by atoms with Crippen LogP contribution < -0.4 is 15.9 Å². The zero-order valence-corrected chi connectivity index (χ0v) is 14.2. The van der Waals surface area contributed by atoms with E-state index >= 15 is 0 Å². The molecule has 0 radical (unpaired) electrons. The molecule has 0 saturated heterocycles. The van der Waals surface area contributed by atoms with Crippen molar-refractivity contribution in [3.63, 3.8) is 0 Å². The van der Waals surface area contributed by atoms with Crippen LogP contribution in [0.4, 0.5) is 0 Å². The minimum absolute atomic E-state index is 0.578. The van der Waals surface area contributed by atoms with Crippen molar-refractivity contribution < 1.29 is 9.59 Å². The van der Waals surface area contributed by atoms with Crippen LogP contribution in [0.25, 0.3) is 0 Å². The Morgan fingerprint density at radius 1 is 0.667 bits per heavy atom. The van der Waals surface area contributed by atoms with E-state index in [1.54, 1.807) is 0 Å². The second-order valence-electron chi connectivity index (χ2n) is 5.49. The monoisotopic (exact) mass is 332 g/mol. The molecule has 3 aromatic carbocycles.